The fraction of sp³-hybridized carbons (Fsp3) is 0.460. The molecule has 2 fully saturated rings. The summed E-state index contributed by atoms with van der Waals surface area (Å²) in [4.78, 5) is 35.2. The number of esters is 2. The second-order valence-corrected chi connectivity index (χ2v) is 19.5. The molecule has 3 aliphatic rings. The highest BCUT2D eigenvalue weighted by molar-refractivity contribution is 14.1. The van der Waals surface area contributed by atoms with Crippen LogP contribution in [0, 0.1) is 27.0 Å². The van der Waals surface area contributed by atoms with Crippen LogP contribution in [0.4, 0.5) is 8.78 Å². The van der Waals surface area contributed by atoms with E-state index in [4.69, 9.17) is 42.1 Å². The van der Waals surface area contributed by atoms with E-state index in [-0.39, 0.29) is 22.5 Å². The molecular formula is C50H57Cl2F2IO7. The summed E-state index contributed by atoms with van der Waals surface area (Å²) < 4.78 is 52.2. The van der Waals surface area contributed by atoms with Gasteiger partial charge in [0.1, 0.15) is 23.5 Å². The van der Waals surface area contributed by atoms with Crippen LogP contribution < -0.4 is 0 Å². The number of carbonyl (C=O) groups excluding carboxylic acids is 3. The highest BCUT2D eigenvalue weighted by Gasteiger charge is 2.41. The molecule has 0 spiro atoms. The first-order valence-corrected chi connectivity index (χ1v) is 23.1. The van der Waals surface area contributed by atoms with Crippen molar-refractivity contribution in [1.29, 1.82) is 0 Å². The van der Waals surface area contributed by atoms with Crippen molar-refractivity contribution < 1.29 is 42.1 Å². The van der Waals surface area contributed by atoms with Crippen LogP contribution in [0.5, 0.6) is 0 Å². The summed E-state index contributed by atoms with van der Waals surface area (Å²) in [6.45, 7) is 17.0. The van der Waals surface area contributed by atoms with Gasteiger partial charge < -0.3 is 18.9 Å². The molecule has 0 aliphatic carbocycles. The molecule has 4 aromatic rings. The van der Waals surface area contributed by atoms with Gasteiger partial charge in [-0.25, -0.2) is 18.4 Å². The Bertz CT molecular complexity index is 2180. The van der Waals surface area contributed by atoms with Crippen molar-refractivity contribution >= 4 is 64.0 Å². The molecule has 3 atom stereocenters. The van der Waals surface area contributed by atoms with Gasteiger partial charge in [-0.1, -0.05) is 75.2 Å². The van der Waals surface area contributed by atoms with Gasteiger partial charge in [0.25, 0.3) is 0 Å². The van der Waals surface area contributed by atoms with Crippen LogP contribution in [0.1, 0.15) is 146 Å². The van der Waals surface area contributed by atoms with Crippen molar-refractivity contribution in [3.8, 4) is 0 Å². The smallest absolute Gasteiger partial charge is 0.339 e. The monoisotopic (exact) mass is 1000 g/mol. The lowest BCUT2D eigenvalue weighted by molar-refractivity contribution is 0.00663. The van der Waals surface area contributed by atoms with E-state index in [0.29, 0.717) is 53.3 Å². The molecule has 0 radical (unpaired) electrons. The number of ether oxygens (including phenoxy) is 4. The lowest BCUT2D eigenvalue weighted by Gasteiger charge is -2.40. The molecule has 62 heavy (non-hydrogen) atoms. The summed E-state index contributed by atoms with van der Waals surface area (Å²) in [6, 6.07) is 20.6. The molecule has 0 saturated carbocycles. The number of aldehydes is 1. The lowest BCUT2D eigenvalue weighted by atomic mass is 9.66. The number of carbonyl (C=O) groups is 3. The third kappa shape index (κ3) is 11.8. The Labute approximate surface area is 388 Å². The minimum atomic E-state index is -0.732. The summed E-state index contributed by atoms with van der Waals surface area (Å²) in [5, 5.41) is 1.24. The molecule has 0 aromatic heterocycles. The molecule has 12 heteroatoms. The zero-order chi connectivity index (χ0) is 45.4. The largest absolute Gasteiger partial charge is 0.456 e. The standard InChI is InChI=1S/C23H24ClFO3.C20H28FIO3.C7H5ClO/c1-3-23(2,15-8-10-27-11-9-15)16-12-18-20(19(25)13-16)21(28-22(18)26)14-4-6-17(24)7-5-14;1-6-20(5,13-7-9-24-10-8-13)14-11-15(17(22)16(21)12-14)18(23)25-19(2,3)4;8-7-3-1-6(5-9)2-4-7/h4-7,12-13,15,21H,3,8-11H2,1-2H3;11-13H,6-10H2,1-5H3;1-5H. The fourth-order valence-corrected chi connectivity index (χ4v) is 9.34. The van der Waals surface area contributed by atoms with Gasteiger partial charge in [0, 0.05) is 47.6 Å². The van der Waals surface area contributed by atoms with E-state index < -0.39 is 23.6 Å². The van der Waals surface area contributed by atoms with Gasteiger partial charge in [0.15, 0.2) is 6.10 Å². The maximum absolute atomic E-state index is 15.3. The summed E-state index contributed by atoms with van der Waals surface area (Å²) in [7, 11) is 0. The molecule has 3 heterocycles. The van der Waals surface area contributed by atoms with E-state index in [1.165, 1.54) is 0 Å². The molecule has 0 amide bonds. The Balaban J connectivity index is 0.000000196. The maximum Gasteiger partial charge on any atom is 0.339 e. The minimum absolute atomic E-state index is 0.189. The first-order valence-electron chi connectivity index (χ1n) is 21.2. The molecule has 334 valence electrons. The van der Waals surface area contributed by atoms with E-state index in [1.54, 1.807) is 60.7 Å². The maximum atomic E-state index is 15.3. The fourth-order valence-electron chi connectivity index (χ4n) is 8.55. The van der Waals surface area contributed by atoms with Gasteiger partial charge in [0.05, 0.1) is 14.7 Å². The van der Waals surface area contributed by atoms with Crippen LogP contribution in [0.2, 0.25) is 10.0 Å². The number of fused-ring (bicyclic) bond motifs is 1. The van der Waals surface area contributed by atoms with Gasteiger partial charge in [-0.05, 0) is 170 Å². The Hall–Kier alpha value is -3.42. The Morgan fingerprint density at radius 3 is 1.69 bits per heavy atom. The highest BCUT2D eigenvalue weighted by Crippen LogP contribution is 2.46. The van der Waals surface area contributed by atoms with Crippen LogP contribution in [0.15, 0.2) is 72.8 Å². The van der Waals surface area contributed by atoms with Crippen molar-refractivity contribution in [3.05, 3.63) is 137 Å². The van der Waals surface area contributed by atoms with Crippen molar-refractivity contribution in [2.24, 2.45) is 11.8 Å². The summed E-state index contributed by atoms with van der Waals surface area (Å²) >= 11 is 13.4. The van der Waals surface area contributed by atoms with E-state index in [0.717, 1.165) is 82.4 Å². The second-order valence-electron chi connectivity index (χ2n) is 17.6. The van der Waals surface area contributed by atoms with Crippen LogP contribution in [0.3, 0.4) is 0 Å². The molecule has 7 rings (SSSR count). The normalized spacial score (nSPS) is 18.7. The molecule has 2 saturated heterocycles. The number of benzene rings is 4. The first-order chi connectivity index (χ1) is 29.3. The average Bonchev–Trinajstić information content (AvgIpc) is 3.61. The van der Waals surface area contributed by atoms with E-state index >= 15 is 4.39 Å². The van der Waals surface area contributed by atoms with Crippen LogP contribution in [-0.4, -0.2) is 50.3 Å². The molecule has 3 aliphatic heterocycles. The lowest BCUT2D eigenvalue weighted by Crippen LogP contribution is -2.36. The molecular weight excluding hydrogens is 948 g/mol. The Morgan fingerprint density at radius 2 is 1.23 bits per heavy atom. The van der Waals surface area contributed by atoms with Gasteiger partial charge in [0.2, 0.25) is 0 Å². The predicted molar refractivity (Wildman–Crippen MR) is 249 cm³/mol. The van der Waals surface area contributed by atoms with Crippen LogP contribution in [-0.2, 0) is 29.8 Å². The number of hydrogen-bond donors (Lipinski definition) is 0. The molecule has 7 nitrogen and oxygen atoms in total. The van der Waals surface area contributed by atoms with Crippen molar-refractivity contribution in [3.63, 3.8) is 0 Å². The topological polar surface area (TPSA) is 88.1 Å². The zero-order valence-electron chi connectivity index (χ0n) is 36.6. The number of cyclic esters (lactones) is 1. The Kier molecular flexibility index (Phi) is 17.2. The van der Waals surface area contributed by atoms with E-state index in [2.05, 4.69) is 27.7 Å². The van der Waals surface area contributed by atoms with Crippen LogP contribution in [0.25, 0.3) is 0 Å². The summed E-state index contributed by atoms with van der Waals surface area (Å²) in [5.41, 5.74) is 3.07. The van der Waals surface area contributed by atoms with Crippen molar-refractivity contribution in [2.75, 3.05) is 26.4 Å². The Morgan fingerprint density at radius 1 is 0.758 bits per heavy atom. The molecule has 4 aromatic carbocycles. The second kappa shape index (κ2) is 21.5. The minimum Gasteiger partial charge on any atom is -0.456 e. The van der Waals surface area contributed by atoms with Crippen molar-refractivity contribution in [2.45, 2.75) is 110 Å². The van der Waals surface area contributed by atoms with Gasteiger partial charge in [-0.15, -0.1) is 0 Å². The number of halogens is 5. The number of hydrogen-bond acceptors (Lipinski definition) is 7. The average molecular weight is 1010 g/mol. The van der Waals surface area contributed by atoms with E-state index in [1.807, 2.05) is 55.5 Å². The summed E-state index contributed by atoms with van der Waals surface area (Å²) in [5.74, 6) is -0.870. The van der Waals surface area contributed by atoms with Gasteiger partial charge in [-0.3, -0.25) is 4.79 Å². The third-order valence-corrected chi connectivity index (χ3v) is 14.3. The quantitative estimate of drug-likeness (QED) is 0.0937. The third-order valence-electron chi connectivity index (χ3n) is 12.7. The predicted octanol–water partition coefficient (Wildman–Crippen LogP) is 13.5. The summed E-state index contributed by atoms with van der Waals surface area (Å²) in [6.07, 6.45) is 5.61. The molecule has 0 N–H and O–H groups in total. The number of rotatable bonds is 9. The van der Waals surface area contributed by atoms with Crippen molar-refractivity contribution in [1.82, 2.24) is 0 Å². The van der Waals surface area contributed by atoms with E-state index in [9.17, 15) is 18.8 Å². The first kappa shape index (κ1) is 49.6. The molecule has 0 bridgehead atoms. The molecule has 3 unspecified atom stereocenters. The highest BCUT2D eigenvalue weighted by atomic mass is 127. The van der Waals surface area contributed by atoms with Crippen LogP contribution >= 0.6 is 45.8 Å². The zero-order valence-corrected chi connectivity index (χ0v) is 40.2. The van der Waals surface area contributed by atoms with Gasteiger partial charge in [-0.2, -0.15) is 0 Å². The SMILES string of the molecule is CCC(C)(c1cc(F)c(I)c(C(=O)OC(C)(C)C)c1)C1CCOCC1.CCC(C)(c1cc(F)c2c(c1)C(=O)OC2c1ccc(Cl)cc1)C1CCOCC1.O=Cc1ccc(Cl)cc1. The van der Waals surface area contributed by atoms with Gasteiger partial charge >= 0.3 is 11.9 Å².